The van der Waals surface area contributed by atoms with Crippen LogP contribution in [0, 0.1) is 0 Å². The topological polar surface area (TPSA) is 0 Å². The number of hydrogen-bond acceptors (Lipinski definition) is 0. The van der Waals surface area contributed by atoms with Crippen molar-refractivity contribution < 1.29 is 0 Å². The Bertz CT molecular complexity index is 204. The van der Waals surface area contributed by atoms with Gasteiger partial charge in [0.2, 0.25) is 0 Å². The first-order valence-corrected chi connectivity index (χ1v) is 12.4. The van der Waals surface area contributed by atoms with Crippen LogP contribution in [0.1, 0.15) is 129 Å². The fourth-order valence-corrected chi connectivity index (χ4v) is 3.85. The van der Waals surface area contributed by atoms with E-state index in [-0.39, 0.29) is 0 Å². The predicted octanol–water partition coefficient (Wildman–Crippen LogP) is 9.53. The molecule has 0 aliphatic heterocycles. The van der Waals surface area contributed by atoms with Crippen molar-refractivity contribution in [3.8, 4) is 0 Å². The van der Waals surface area contributed by atoms with Gasteiger partial charge in [-0.1, -0.05) is 154 Å². The highest BCUT2D eigenvalue weighted by molar-refractivity contribution is 9.24. The summed E-state index contributed by atoms with van der Waals surface area (Å²) >= 11 is 7.08. The molecule has 0 aliphatic rings. The Morgan fingerprint density at radius 3 is 0.957 bits per heavy atom. The highest BCUT2D eigenvalue weighted by Gasteiger charge is 1.97. The molecular weight excluding hydrogens is 412 g/mol. The summed E-state index contributed by atoms with van der Waals surface area (Å²) in [5.41, 5.74) is 0. The van der Waals surface area contributed by atoms with Crippen LogP contribution in [0.15, 0.2) is 0 Å². The quantitative estimate of drug-likeness (QED) is 0.135. The molecule has 0 amide bonds. The summed E-state index contributed by atoms with van der Waals surface area (Å²) in [5, 5.41) is 0. The van der Waals surface area contributed by atoms with Crippen molar-refractivity contribution in [2.45, 2.75) is 133 Å². The Balaban J connectivity index is 2.95. The molecule has 0 saturated heterocycles. The zero-order valence-electron chi connectivity index (χ0n) is 15.8. The van der Waals surface area contributed by atoms with Crippen LogP contribution < -0.4 is 0 Å². The third-order valence-corrected chi connectivity index (χ3v) is 5.69. The van der Waals surface area contributed by atoms with Crippen molar-refractivity contribution in [1.29, 1.82) is 0 Å². The van der Waals surface area contributed by atoms with Crippen LogP contribution in [0.25, 0.3) is 0 Å². The number of unbranched alkanes of at least 4 members (excludes halogenated alkanes) is 17. The molecule has 0 atom stereocenters. The van der Waals surface area contributed by atoms with Gasteiger partial charge in [0.25, 0.3) is 0 Å². The normalized spacial score (nSPS) is 11.5. The van der Waals surface area contributed by atoms with Crippen molar-refractivity contribution in [3.63, 3.8) is 0 Å². The third kappa shape index (κ3) is 23.0. The fourth-order valence-electron chi connectivity index (χ4n) is 3.20. The minimum atomic E-state index is 0.524. The molecule has 0 aromatic carbocycles. The van der Waals surface area contributed by atoms with Crippen LogP contribution in [-0.4, -0.2) is 3.74 Å². The molecule has 0 radical (unpaired) electrons. The van der Waals surface area contributed by atoms with E-state index in [1.165, 1.54) is 122 Å². The lowest BCUT2D eigenvalue weighted by Crippen LogP contribution is -1.86. The smallest absolute Gasteiger partial charge is 0.0697 e. The minimum Gasteiger partial charge on any atom is -0.0765 e. The molecule has 0 heterocycles. The molecule has 0 aliphatic carbocycles. The van der Waals surface area contributed by atoms with Gasteiger partial charge in [0, 0.05) is 0 Å². The van der Waals surface area contributed by atoms with Crippen LogP contribution >= 0.6 is 31.9 Å². The molecule has 0 bridgehead atoms. The van der Waals surface area contributed by atoms with Gasteiger partial charge in [-0.3, -0.25) is 0 Å². The zero-order chi connectivity index (χ0) is 17.0. The van der Waals surface area contributed by atoms with Gasteiger partial charge in [-0.2, -0.15) is 0 Å². The summed E-state index contributed by atoms with van der Waals surface area (Å²) in [6.45, 7) is 2.30. The fraction of sp³-hybridized carbons (Fsp3) is 1.00. The molecule has 0 N–H and O–H groups in total. The van der Waals surface area contributed by atoms with Crippen molar-refractivity contribution in [1.82, 2.24) is 0 Å². The Hall–Kier alpha value is 0.960. The molecule has 2 heteroatoms. The highest BCUT2D eigenvalue weighted by Crippen LogP contribution is 2.18. The second kappa shape index (κ2) is 21.0. The molecular formula is C21H42Br2. The van der Waals surface area contributed by atoms with Gasteiger partial charge in [-0.25, -0.2) is 0 Å². The van der Waals surface area contributed by atoms with E-state index in [0.29, 0.717) is 3.74 Å². The second-order valence-electron chi connectivity index (χ2n) is 7.19. The third-order valence-electron chi connectivity index (χ3n) is 4.78. The summed E-state index contributed by atoms with van der Waals surface area (Å²) < 4.78 is 0.524. The Morgan fingerprint density at radius 1 is 0.435 bits per heavy atom. The second-order valence-corrected chi connectivity index (χ2v) is 10.6. The predicted molar refractivity (Wildman–Crippen MR) is 115 cm³/mol. The van der Waals surface area contributed by atoms with Crippen molar-refractivity contribution in [3.05, 3.63) is 0 Å². The molecule has 23 heavy (non-hydrogen) atoms. The number of rotatable bonds is 19. The summed E-state index contributed by atoms with van der Waals surface area (Å²) in [6, 6.07) is 0. The standard InChI is InChI=1S/C21H42Br2/c1-2-3-4-5-6-7-8-9-10-11-12-13-14-15-16-17-18-19-20-21(22)23/h21H,2-20H2,1H3. The van der Waals surface area contributed by atoms with Gasteiger partial charge < -0.3 is 0 Å². The lowest BCUT2D eigenvalue weighted by molar-refractivity contribution is 0.524. The SMILES string of the molecule is CCCCCCCCCCCCCCCCCCCCC(Br)Br. The van der Waals surface area contributed by atoms with Gasteiger partial charge in [-0.15, -0.1) is 0 Å². The van der Waals surface area contributed by atoms with Gasteiger partial charge in [0.05, 0.1) is 3.74 Å². The van der Waals surface area contributed by atoms with E-state index < -0.39 is 0 Å². The van der Waals surface area contributed by atoms with Crippen LogP contribution in [-0.2, 0) is 0 Å². The van der Waals surface area contributed by atoms with Gasteiger partial charge in [-0.05, 0) is 6.42 Å². The molecule has 0 aromatic rings. The summed E-state index contributed by atoms with van der Waals surface area (Å²) in [5.74, 6) is 0. The lowest BCUT2D eigenvalue weighted by atomic mass is 10.0. The average Bonchev–Trinajstić information content (AvgIpc) is 2.53. The van der Waals surface area contributed by atoms with E-state index in [1.807, 2.05) is 0 Å². The largest absolute Gasteiger partial charge is 0.0765 e. The summed E-state index contributed by atoms with van der Waals surface area (Å²) in [7, 11) is 0. The Labute approximate surface area is 164 Å². The van der Waals surface area contributed by atoms with E-state index in [4.69, 9.17) is 0 Å². The number of halogens is 2. The maximum atomic E-state index is 3.54. The van der Waals surface area contributed by atoms with Crippen LogP contribution in [0.5, 0.6) is 0 Å². The number of hydrogen-bond donors (Lipinski definition) is 0. The number of alkyl halides is 2. The van der Waals surface area contributed by atoms with Gasteiger partial charge in [0.15, 0.2) is 0 Å². The van der Waals surface area contributed by atoms with E-state index in [2.05, 4.69) is 38.8 Å². The first-order valence-electron chi connectivity index (χ1n) is 10.6. The van der Waals surface area contributed by atoms with Crippen LogP contribution in [0.2, 0.25) is 0 Å². The first kappa shape index (κ1) is 24.0. The molecule has 0 unspecified atom stereocenters. The molecule has 0 aromatic heterocycles. The maximum Gasteiger partial charge on any atom is 0.0697 e. The van der Waals surface area contributed by atoms with Crippen molar-refractivity contribution in [2.75, 3.05) is 0 Å². The van der Waals surface area contributed by atoms with Crippen molar-refractivity contribution in [2.24, 2.45) is 0 Å². The lowest BCUT2D eigenvalue weighted by Gasteiger charge is -2.04. The van der Waals surface area contributed by atoms with E-state index in [1.54, 1.807) is 0 Å². The molecule has 0 saturated carbocycles. The van der Waals surface area contributed by atoms with E-state index in [9.17, 15) is 0 Å². The molecule has 0 spiro atoms. The highest BCUT2D eigenvalue weighted by atomic mass is 79.9. The van der Waals surface area contributed by atoms with Crippen LogP contribution in [0.3, 0.4) is 0 Å². The molecule has 0 rings (SSSR count). The van der Waals surface area contributed by atoms with E-state index >= 15 is 0 Å². The Kier molecular flexibility index (Phi) is 21.9. The Morgan fingerprint density at radius 2 is 0.696 bits per heavy atom. The van der Waals surface area contributed by atoms with E-state index in [0.717, 1.165) is 0 Å². The zero-order valence-corrected chi connectivity index (χ0v) is 18.9. The minimum absolute atomic E-state index is 0.524. The summed E-state index contributed by atoms with van der Waals surface area (Å²) in [6.07, 6.45) is 27.4. The van der Waals surface area contributed by atoms with Crippen LogP contribution in [0.4, 0.5) is 0 Å². The van der Waals surface area contributed by atoms with Gasteiger partial charge >= 0.3 is 0 Å². The average molecular weight is 454 g/mol. The monoisotopic (exact) mass is 452 g/mol. The molecule has 0 fully saturated rings. The van der Waals surface area contributed by atoms with Gasteiger partial charge in [0.1, 0.15) is 0 Å². The van der Waals surface area contributed by atoms with Crippen molar-refractivity contribution >= 4 is 31.9 Å². The maximum absolute atomic E-state index is 3.54. The molecule has 0 nitrogen and oxygen atoms in total. The first-order chi connectivity index (χ1) is 11.3. The summed E-state index contributed by atoms with van der Waals surface area (Å²) in [4.78, 5) is 0. The molecule has 140 valence electrons.